The van der Waals surface area contributed by atoms with Gasteiger partial charge in [-0.05, 0) is 48.6 Å². The third kappa shape index (κ3) is 5.57. The first kappa shape index (κ1) is 22.7. The van der Waals surface area contributed by atoms with E-state index in [1.807, 2.05) is 24.3 Å². The van der Waals surface area contributed by atoms with Crippen LogP contribution < -0.4 is 16.4 Å². The maximum absolute atomic E-state index is 13.1. The first-order chi connectivity index (χ1) is 15.4. The van der Waals surface area contributed by atoms with Gasteiger partial charge in [0.15, 0.2) is 0 Å². The van der Waals surface area contributed by atoms with Crippen LogP contribution in [-0.4, -0.2) is 40.4 Å². The molecule has 3 amide bonds. The van der Waals surface area contributed by atoms with Crippen molar-refractivity contribution < 1.29 is 14.4 Å². The van der Waals surface area contributed by atoms with Crippen LogP contribution in [0.1, 0.15) is 41.7 Å². The molecular formula is C23H26N6O3. The first-order valence-corrected chi connectivity index (χ1v) is 10.3. The van der Waals surface area contributed by atoms with Crippen molar-refractivity contribution in [2.24, 2.45) is 11.7 Å². The molecule has 2 atom stereocenters. The lowest BCUT2D eigenvalue weighted by Crippen LogP contribution is -2.46. The summed E-state index contributed by atoms with van der Waals surface area (Å²) in [6.45, 7) is 2.52. The summed E-state index contributed by atoms with van der Waals surface area (Å²) in [5, 5.41) is 12.6. The maximum Gasteiger partial charge on any atom is 0.313 e. The van der Waals surface area contributed by atoms with Crippen LogP contribution in [0.4, 0.5) is 11.4 Å². The van der Waals surface area contributed by atoms with Crippen molar-refractivity contribution in [3.05, 3.63) is 66.1 Å². The minimum atomic E-state index is -0.789. The van der Waals surface area contributed by atoms with Gasteiger partial charge in [0.25, 0.3) is 0 Å². The molecule has 1 saturated heterocycles. The lowest BCUT2D eigenvalue weighted by atomic mass is 9.89. The minimum Gasteiger partial charge on any atom is -0.366 e. The molecule has 9 heteroatoms. The number of allylic oxidation sites excluding steroid dienone is 1. The zero-order valence-corrected chi connectivity index (χ0v) is 17.7. The van der Waals surface area contributed by atoms with Crippen molar-refractivity contribution in [1.82, 2.24) is 9.88 Å². The van der Waals surface area contributed by atoms with E-state index in [1.165, 1.54) is 24.7 Å². The Kier molecular flexibility index (Phi) is 7.33. The number of carbonyl (C=O) groups is 3. The fourth-order valence-corrected chi connectivity index (χ4v) is 3.68. The van der Waals surface area contributed by atoms with Crippen LogP contribution >= 0.6 is 0 Å². The number of rotatable bonds is 6. The quantitative estimate of drug-likeness (QED) is 0.409. The topological polar surface area (TPSA) is 141 Å². The monoisotopic (exact) mass is 434 g/mol. The van der Waals surface area contributed by atoms with Gasteiger partial charge in [0, 0.05) is 30.8 Å². The molecule has 5 N–H and O–H groups in total. The van der Waals surface area contributed by atoms with E-state index in [0.29, 0.717) is 6.54 Å². The van der Waals surface area contributed by atoms with E-state index in [2.05, 4.69) is 22.5 Å². The van der Waals surface area contributed by atoms with Gasteiger partial charge in [-0.3, -0.25) is 19.4 Å². The predicted molar refractivity (Wildman–Crippen MR) is 122 cm³/mol. The number of carbonyl (C=O) groups excluding carboxylic acids is 3. The largest absolute Gasteiger partial charge is 0.366 e. The average Bonchev–Trinajstić information content (AvgIpc) is 2.79. The zero-order valence-electron chi connectivity index (χ0n) is 17.7. The number of aromatic nitrogens is 1. The molecule has 1 aliphatic rings. The van der Waals surface area contributed by atoms with Crippen LogP contribution in [0.3, 0.4) is 0 Å². The van der Waals surface area contributed by atoms with Gasteiger partial charge in [-0.15, -0.1) is 0 Å². The lowest BCUT2D eigenvalue weighted by molar-refractivity contribution is -0.146. The smallest absolute Gasteiger partial charge is 0.313 e. The number of anilines is 2. The fourth-order valence-electron chi connectivity index (χ4n) is 3.68. The number of hydrogen-bond donors (Lipinski definition) is 4. The molecule has 0 radical (unpaired) electrons. The van der Waals surface area contributed by atoms with Crippen molar-refractivity contribution in [3.63, 3.8) is 0 Å². The standard InChI is InChI=1S/C23H26N6O3/c1-15-3-8-20(16-4-6-18(7-5-16)27-10-2-9-24)29(14-15)23(32)22(31)28-19-11-17(21(25)30)12-26-13-19/h2,4-7,9-13,15,20,24,27H,3,8,14H2,1H3,(H2,25,30)(H,28,31)/b10-2-,24-9?/t15-,20+/m1/s1. The molecule has 166 valence electrons. The molecule has 1 fully saturated rings. The number of likely N-dealkylation sites (tertiary alicyclic amines) is 1. The number of benzene rings is 1. The Morgan fingerprint density at radius 3 is 2.59 bits per heavy atom. The van der Waals surface area contributed by atoms with E-state index in [4.69, 9.17) is 11.1 Å². The van der Waals surface area contributed by atoms with E-state index in [0.717, 1.165) is 24.1 Å². The summed E-state index contributed by atoms with van der Waals surface area (Å²) in [7, 11) is 0. The number of pyridine rings is 1. The molecular weight excluding hydrogens is 408 g/mol. The number of nitrogens with one attached hydrogen (secondary N) is 3. The van der Waals surface area contributed by atoms with Crippen LogP contribution in [-0.2, 0) is 9.59 Å². The fraction of sp³-hybridized carbons (Fsp3) is 0.261. The van der Waals surface area contributed by atoms with Crippen molar-refractivity contribution in [2.45, 2.75) is 25.8 Å². The predicted octanol–water partition coefficient (Wildman–Crippen LogP) is 2.69. The maximum atomic E-state index is 13.1. The number of piperidine rings is 1. The minimum absolute atomic E-state index is 0.142. The molecule has 0 bridgehead atoms. The highest BCUT2D eigenvalue weighted by Gasteiger charge is 2.34. The van der Waals surface area contributed by atoms with Crippen molar-refractivity contribution in [3.8, 4) is 0 Å². The first-order valence-electron chi connectivity index (χ1n) is 10.3. The molecule has 3 rings (SSSR count). The molecule has 0 spiro atoms. The van der Waals surface area contributed by atoms with Crippen LogP contribution in [0.15, 0.2) is 55.0 Å². The van der Waals surface area contributed by atoms with Gasteiger partial charge in [-0.1, -0.05) is 19.1 Å². The summed E-state index contributed by atoms with van der Waals surface area (Å²) in [4.78, 5) is 42.6. The van der Waals surface area contributed by atoms with Gasteiger partial charge in [-0.25, -0.2) is 0 Å². The van der Waals surface area contributed by atoms with E-state index >= 15 is 0 Å². The normalized spacial score (nSPS) is 18.2. The summed E-state index contributed by atoms with van der Waals surface area (Å²) in [5.41, 5.74) is 7.42. The van der Waals surface area contributed by atoms with E-state index < -0.39 is 17.7 Å². The Labute approximate surface area is 186 Å². The lowest BCUT2D eigenvalue weighted by Gasteiger charge is -2.38. The second-order valence-corrected chi connectivity index (χ2v) is 7.73. The molecule has 0 aliphatic carbocycles. The van der Waals surface area contributed by atoms with Gasteiger partial charge in [-0.2, -0.15) is 0 Å². The Balaban J connectivity index is 1.75. The third-order valence-corrected chi connectivity index (χ3v) is 5.29. The van der Waals surface area contributed by atoms with Gasteiger partial charge < -0.3 is 26.7 Å². The Morgan fingerprint density at radius 1 is 1.16 bits per heavy atom. The summed E-state index contributed by atoms with van der Waals surface area (Å²) in [5.74, 6) is -1.82. The second-order valence-electron chi connectivity index (χ2n) is 7.73. The molecule has 9 nitrogen and oxygen atoms in total. The molecule has 0 saturated carbocycles. The van der Waals surface area contributed by atoms with Gasteiger partial charge in [0.2, 0.25) is 5.91 Å². The number of amides is 3. The second kappa shape index (κ2) is 10.3. The van der Waals surface area contributed by atoms with Crippen LogP contribution in [0.2, 0.25) is 0 Å². The van der Waals surface area contributed by atoms with Crippen LogP contribution in [0.25, 0.3) is 0 Å². The summed E-state index contributed by atoms with van der Waals surface area (Å²) >= 11 is 0. The number of hydrogen-bond acceptors (Lipinski definition) is 6. The third-order valence-electron chi connectivity index (χ3n) is 5.29. The molecule has 2 aromatic rings. The Hall–Kier alpha value is -4.01. The highest BCUT2D eigenvalue weighted by molar-refractivity contribution is 6.39. The number of nitrogens with zero attached hydrogens (tertiary/aromatic N) is 2. The van der Waals surface area contributed by atoms with Gasteiger partial charge >= 0.3 is 11.8 Å². The highest BCUT2D eigenvalue weighted by atomic mass is 16.2. The molecule has 1 aromatic heterocycles. The molecule has 32 heavy (non-hydrogen) atoms. The Morgan fingerprint density at radius 2 is 1.91 bits per heavy atom. The van der Waals surface area contributed by atoms with Crippen LogP contribution in [0, 0.1) is 11.3 Å². The van der Waals surface area contributed by atoms with Gasteiger partial charge in [0.05, 0.1) is 23.5 Å². The number of nitrogens with two attached hydrogens (primary N) is 1. The van der Waals surface area contributed by atoms with Crippen molar-refractivity contribution >= 4 is 35.3 Å². The van der Waals surface area contributed by atoms with Crippen molar-refractivity contribution in [1.29, 1.82) is 5.41 Å². The van der Waals surface area contributed by atoms with Crippen molar-refractivity contribution in [2.75, 3.05) is 17.2 Å². The van der Waals surface area contributed by atoms with Gasteiger partial charge in [0.1, 0.15) is 0 Å². The molecule has 1 aliphatic heterocycles. The summed E-state index contributed by atoms with van der Waals surface area (Å²) in [6.07, 6.45) is 8.76. The molecule has 0 unspecified atom stereocenters. The SMILES string of the molecule is C[C@@H]1CC[C@@H](c2ccc(N/C=C\C=N)cc2)N(C(=O)C(=O)Nc2cncc(C(N)=O)c2)C1. The van der Waals surface area contributed by atoms with E-state index in [9.17, 15) is 14.4 Å². The summed E-state index contributed by atoms with van der Waals surface area (Å²) < 4.78 is 0. The van der Waals surface area contributed by atoms with E-state index in [-0.39, 0.29) is 23.2 Å². The van der Waals surface area contributed by atoms with E-state index in [1.54, 1.807) is 17.2 Å². The average molecular weight is 435 g/mol. The van der Waals surface area contributed by atoms with Crippen LogP contribution in [0.5, 0.6) is 0 Å². The Bertz CT molecular complexity index is 1030. The molecule has 1 aromatic carbocycles. The molecule has 2 heterocycles. The highest BCUT2D eigenvalue weighted by Crippen LogP contribution is 2.34. The number of primary amides is 1. The zero-order chi connectivity index (χ0) is 23.1. The summed E-state index contributed by atoms with van der Waals surface area (Å²) in [6, 6.07) is 8.82.